The third kappa shape index (κ3) is 4.99. The summed E-state index contributed by atoms with van der Waals surface area (Å²) < 4.78 is 0. The first-order valence-corrected chi connectivity index (χ1v) is 14.3. The lowest BCUT2D eigenvalue weighted by atomic mass is 9.40. The lowest BCUT2D eigenvalue weighted by Crippen LogP contribution is -2.69. The highest BCUT2D eigenvalue weighted by Gasteiger charge is 2.64. The van der Waals surface area contributed by atoms with Crippen molar-refractivity contribution in [3.63, 3.8) is 0 Å². The van der Waals surface area contributed by atoms with E-state index in [9.17, 15) is 9.59 Å². The fourth-order valence-electron chi connectivity index (χ4n) is 6.93. The van der Waals surface area contributed by atoms with E-state index in [2.05, 4.69) is 46.6 Å². The van der Waals surface area contributed by atoms with Gasteiger partial charge < -0.3 is 25.8 Å². The maximum atomic E-state index is 12.9. The summed E-state index contributed by atoms with van der Waals surface area (Å²) in [4.78, 5) is 37.8. The Kier molecular flexibility index (Phi) is 7.35. The molecule has 3 aliphatic carbocycles. The van der Waals surface area contributed by atoms with Crippen LogP contribution in [0, 0.1) is 23.2 Å². The number of nitrogens with one attached hydrogen (secondary N) is 3. The molecule has 2 amide bonds. The van der Waals surface area contributed by atoms with Crippen molar-refractivity contribution >= 4 is 58.2 Å². The summed E-state index contributed by atoms with van der Waals surface area (Å²) in [6.07, 6.45) is 3.48. The van der Waals surface area contributed by atoms with Crippen LogP contribution in [0.4, 0.5) is 23.1 Å². The van der Waals surface area contributed by atoms with Crippen molar-refractivity contribution in [3.05, 3.63) is 34.4 Å². The lowest BCUT2D eigenvalue weighted by Gasteiger charge is -2.66. The van der Waals surface area contributed by atoms with Crippen LogP contribution in [0.2, 0.25) is 10.0 Å². The summed E-state index contributed by atoms with van der Waals surface area (Å²) in [6.45, 7) is 11.0. The predicted octanol–water partition coefficient (Wildman–Crippen LogP) is 4.79. The van der Waals surface area contributed by atoms with Crippen molar-refractivity contribution in [2.45, 2.75) is 46.1 Å². The largest absolute Gasteiger partial charge is 0.367 e. The zero-order chi connectivity index (χ0) is 28.1. The van der Waals surface area contributed by atoms with Crippen molar-refractivity contribution in [2.75, 3.05) is 48.8 Å². The molecule has 2 aromatic rings. The van der Waals surface area contributed by atoms with Gasteiger partial charge in [-0.2, -0.15) is 4.98 Å². The molecule has 39 heavy (non-hydrogen) atoms. The predicted molar refractivity (Wildman–Crippen MR) is 156 cm³/mol. The molecule has 1 aromatic carbocycles. The fourth-order valence-corrected chi connectivity index (χ4v) is 7.30. The number of carbonyl (C=O) groups is 2. The fraction of sp³-hybridized carbons (Fsp3) is 0.571. The molecule has 0 unspecified atom stereocenters. The van der Waals surface area contributed by atoms with Gasteiger partial charge in [-0.15, -0.1) is 0 Å². The van der Waals surface area contributed by atoms with Gasteiger partial charge in [-0.3, -0.25) is 9.59 Å². The monoisotopic (exact) mass is 573 g/mol. The average Bonchev–Trinajstić information content (AvgIpc) is 2.90. The molecule has 6 rings (SSSR count). The number of nitrogens with zero attached hydrogens (tertiary/aromatic N) is 4. The van der Waals surface area contributed by atoms with Gasteiger partial charge in [0, 0.05) is 45.8 Å². The molecule has 9 nitrogen and oxygen atoms in total. The summed E-state index contributed by atoms with van der Waals surface area (Å²) in [5.41, 5.74) is 1.29. The van der Waals surface area contributed by atoms with Crippen LogP contribution in [0.1, 0.15) is 40.5 Å². The van der Waals surface area contributed by atoms with Gasteiger partial charge in [0.1, 0.15) is 5.02 Å². The molecular weight excluding hydrogens is 537 g/mol. The van der Waals surface area contributed by atoms with Crippen LogP contribution in [0.25, 0.3) is 0 Å². The molecule has 4 aliphatic rings. The molecule has 1 aliphatic heterocycles. The smallest absolute Gasteiger partial charge is 0.229 e. The normalized spacial score (nSPS) is 27.4. The van der Waals surface area contributed by atoms with E-state index in [1.807, 2.05) is 23.1 Å². The van der Waals surface area contributed by atoms with Crippen LogP contribution in [-0.2, 0) is 9.59 Å². The molecule has 3 N–H and O–H groups in total. The minimum Gasteiger partial charge on any atom is -0.367 e. The van der Waals surface area contributed by atoms with E-state index in [0.717, 1.165) is 24.2 Å². The molecule has 2 bridgehead atoms. The molecule has 0 radical (unpaired) electrons. The van der Waals surface area contributed by atoms with Crippen LogP contribution < -0.4 is 20.9 Å². The number of hydrogen-bond acceptors (Lipinski definition) is 7. The first-order valence-electron chi connectivity index (χ1n) is 13.5. The summed E-state index contributed by atoms with van der Waals surface area (Å²) in [5.74, 6) is 1.66. The number of aromatic nitrogens is 2. The Hall–Kier alpha value is -2.78. The highest BCUT2D eigenvalue weighted by Crippen LogP contribution is 2.65. The Morgan fingerprint density at radius 1 is 1.05 bits per heavy atom. The third-order valence-corrected chi connectivity index (χ3v) is 10.00. The molecule has 3 saturated carbocycles. The minimum atomic E-state index is -0.511. The number of carbonyl (C=O) groups excluding carboxylic acids is 2. The standard InChI is InChI=1S/C28H37Cl2N7O2/c1-16(38)36-8-10-37(11-9-36)22-14-18(6-7-20(22)29)33-26-32-15-21(30)24(34-26)35-28(4)19(25(39)31-5)12-17-13-23(28)27(17,2)3/h6-7,14-15,17,19,23H,8-13H2,1-5H3,(H,31,39)(H2,32,33,34,35)/t17-,19-,23-,28+/m1/s1. The van der Waals surface area contributed by atoms with E-state index in [-0.39, 0.29) is 23.1 Å². The second-order valence-corrected chi connectivity index (χ2v) is 12.6. The van der Waals surface area contributed by atoms with Crippen molar-refractivity contribution in [1.82, 2.24) is 20.2 Å². The van der Waals surface area contributed by atoms with E-state index >= 15 is 0 Å². The van der Waals surface area contributed by atoms with E-state index in [1.54, 1.807) is 20.2 Å². The molecular formula is C28H37Cl2N7O2. The quantitative estimate of drug-likeness (QED) is 0.456. The number of anilines is 4. The molecule has 1 aromatic heterocycles. The van der Waals surface area contributed by atoms with E-state index in [0.29, 0.717) is 59.8 Å². The van der Waals surface area contributed by atoms with E-state index in [1.165, 1.54) is 0 Å². The second kappa shape index (κ2) is 10.3. The van der Waals surface area contributed by atoms with Crippen LogP contribution >= 0.6 is 23.2 Å². The number of fused-ring (bicyclic) bond motifs is 2. The zero-order valence-electron chi connectivity index (χ0n) is 23.1. The van der Waals surface area contributed by atoms with Gasteiger partial charge in [0.2, 0.25) is 17.8 Å². The highest BCUT2D eigenvalue weighted by molar-refractivity contribution is 6.33. The summed E-state index contributed by atoms with van der Waals surface area (Å²) in [7, 11) is 1.69. The van der Waals surface area contributed by atoms with Crippen LogP contribution in [0.3, 0.4) is 0 Å². The SMILES string of the molecule is CNC(=O)[C@H]1C[C@@H]2C[C@H](C2(C)C)[C@@]1(C)Nc1nc(Nc2ccc(Cl)c(N3CCN(C(C)=O)CC3)c2)ncc1Cl. The van der Waals surface area contributed by atoms with Crippen molar-refractivity contribution in [2.24, 2.45) is 23.2 Å². The molecule has 2 heterocycles. The second-order valence-electron chi connectivity index (χ2n) is 11.8. The Morgan fingerprint density at radius 3 is 2.41 bits per heavy atom. The summed E-state index contributed by atoms with van der Waals surface area (Å²) in [6, 6.07) is 5.69. The molecule has 4 fully saturated rings. The number of halogens is 2. The summed E-state index contributed by atoms with van der Waals surface area (Å²) in [5, 5.41) is 10.8. The molecule has 11 heteroatoms. The Balaban J connectivity index is 1.37. The lowest BCUT2D eigenvalue weighted by molar-refractivity contribution is -0.155. The third-order valence-electron chi connectivity index (χ3n) is 9.40. The molecule has 1 saturated heterocycles. The maximum absolute atomic E-state index is 12.9. The van der Waals surface area contributed by atoms with Crippen molar-refractivity contribution < 1.29 is 9.59 Å². The first-order chi connectivity index (χ1) is 18.4. The van der Waals surface area contributed by atoms with Gasteiger partial charge in [0.05, 0.1) is 28.4 Å². The summed E-state index contributed by atoms with van der Waals surface area (Å²) >= 11 is 13.1. The van der Waals surface area contributed by atoms with Crippen LogP contribution in [-0.4, -0.2) is 65.4 Å². The van der Waals surface area contributed by atoms with Gasteiger partial charge in [-0.25, -0.2) is 4.98 Å². The van der Waals surface area contributed by atoms with E-state index < -0.39 is 5.54 Å². The van der Waals surface area contributed by atoms with Crippen LogP contribution in [0.5, 0.6) is 0 Å². The van der Waals surface area contributed by atoms with Gasteiger partial charge in [0.15, 0.2) is 5.82 Å². The Bertz CT molecular complexity index is 1280. The number of piperazine rings is 1. The number of benzene rings is 1. The number of hydrogen-bond donors (Lipinski definition) is 3. The van der Waals surface area contributed by atoms with Crippen LogP contribution in [0.15, 0.2) is 24.4 Å². The molecule has 4 atom stereocenters. The van der Waals surface area contributed by atoms with Crippen molar-refractivity contribution in [3.8, 4) is 0 Å². The van der Waals surface area contributed by atoms with Gasteiger partial charge in [-0.1, -0.05) is 37.0 Å². The Morgan fingerprint density at radius 2 is 1.77 bits per heavy atom. The van der Waals surface area contributed by atoms with E-state index in [4.69, 9.17) is 28.2 Å². The number of amides is 2. The Labute approximate surface area is 240 Å². The molecule has 210 valence electrons. The average molecular weight is 575 g/mol. The number of rotatable bonds is 6. The topological polar surface area (TPSA) is 102 Å². The van der Waals surface area contributed by atoms with Crippen molar-refractivity contribution in [1.29, 1.82) is 0 Å². The minimum absolute atomic E-state index is 0.0385. The maximum Gasteiger partial charge on any atom is 0.229 e. The van der Waals surface area contributed by atoms with Gasteiger partial charge >= 0.3 is 0 Å². The first kappa shape index (κ1) is 27.8. The van der Waals surface area contributed by atoms with Gasteiger partial charge in [-0.05, 0) is 55.2 Å². The zero-order valence-corrected chi connectivity index (χ0v) is 24.7. The molecule has 0 spiro atoms. The van der Waals surface area contributed by atoms with Gasteiger partial charge in [0.25, 0.3) is 0 Å². The highest BCUT2D eigenvalue weighted by atomic mass is 35.5.